The number of nitrogens with one attached hydrogen (secondary N) is 1. The Hall–Kier alpha value is -3.89. The average molecular weight is 575 g/mol. The Kier molecular flexibility index (Phi) is 7.21. The molecule has 0 unspecified atom stereocenters. The van der Waals surface area contributed by atoms with Crippen molar-refractivity contribution >= 4 is 52.9 Å². The van der Waals surface area contributed by atoms with Crippen molar-refractivity contribution in [2.75, 3.05) is 23.3 Å². The van der Waals surface area contributed by atoms with Crippen molar-refractivity contribution in [2.45, 2.75) is 46.1 Å². The fourth-order valence-corrected chi connectivity index (χ4v) is 5.85. The van der Waals surface area contributed by atoms with Gasteiger partial charge in [-0.05, 0) is 75.9 Å². The number of fused-ring (bicyclic) bond motifs is 2. The summed E-state index contributed by atoms with van der Waals surface area (Å²) in [5, 5.41) is 18.0. The molecule has 41 heavy (non-hydrogen) atoms. The van der Waals surface area contributed by atoms with E-state index in [0.29, 0.717) is 44.9 Å². The zero-order valence-electron chi connectivity index (χ0n) is 23.0. The number of nitrogens with zero attached hydrogens (tertiary/aromatic N) is 3. The maximum Gasteiger partial charge on any atom is 0.586 e. The third-order valence-electron chi connectivity index (χ3n) is 7.74. The lowest BCUT2D eigenvalue weighted by atomic mass is 9.75. The van der Waals surface area contributed by atoms with Crippen LogP contribution in [0.2, 0.25) is 5.15 Å². The second-order valence-corrected chi connectivity index (χ2v) is 11.1. The van der Waals surface area contributed by atoms with Crippen LogP contribution < -0.4 is 21.1 Å². The summed E-state index contributed by atoms with van der Waals surface area (Å²) in [5.74, 6) is -0.0188. The molecule has 1 fully saturated rings. The van der Waals surface area contributed by atoms with Gasteiger partial charge in [-0.25, -0.2) is 9.37 Å². The van der Waals surface area contributed by atoms with Crippen LogP contribution in [0.1, 0.15) is 54.5 Å². The Labute approximate surface area is 241 Å². The van der Waals surface area contributed by atoms with Gasteiger partial charge >= 0.3 is 7.12 Å². The topological polar surface area (TPSA) is 100 Å². The lowest BCUT2D eigenvalue weighted by Crippen LogP contribution is -2.40. The molecular weight excluding hydrogens is 546 g/mol. The lowest BCUT2D eigenvalue weighted by molar-refractivity contribution is 0.285. The van der Waals surface area contributed by atoms with Gasteiger partial charge in [0, 0.05) is 35.2 Å². The molecule has 0 saturated carbocycles. The predicted molar refractivity (Wildman–Crippen MR) is 161 cm³/mol. The Morgan fingerprint density at radius 2 is 1.93 bits per heavy atom. The normalized spacial score (nSPS) is 15.6. The van der Waals surface area contributed by atoms with Gasteiger partial charge in [0.25, 0.3) is 0 Å². The van der Waals surface area contributed by atoms with Crippen LogP contribution in [0, 0.1) is 19.7 Å². The number of hydrogen-bond acceptors (Lipinski definition) is 8. The summed E-state index contributed by atoms with van der Waals surface area (Å²) >= 11 is 6.28. The zero-order valence-corrected chi connectivity index (χ0v) is 23.8. The van der Waals surface area contributed by atoms with Gasteiger partial charge in [0.05, 0.1) is 34.6 Å². The van der Waals surface area contributed by atoms with E-state index < -0.39 is 12.9 Å². The van der Waals surface area contributed by atoms with Gasteiger partial charge in [0.2, 0.25) is 5.88 Å². The van der Waals surface area contributed by atoms with Crippen molar-refractivity contribution in [3.63, 3.8) is 0 Å². The van der Waals surface area contributed by atoms with Crippen molar-refractivity contribution in [1.82, 2.24) is 4.98 Å². The van der Waals surface area contributed by atoms with Crippen LogP contribution in [0.25, 0.3) is 22.2 Å². The number of aryl methyl sites for hydroxylation is 1. The quantitative estimate of drug-likeness (QED) is 0.241. The van der Waals surface area contributed by atoms with E-state index in [4.69, 9.17) is 20.8 Å². The van der Waals surface area contributed by atoms with Crippen LogP contribution in [0.3, 0.4) is 0 Å². The summed E-state index contributed by atoms with van der Waals surface area (Å²) < 4.78 is 26.4. The minimum Gasteiger partial charge on any atom is -0.440 e. The first-order valence-electron chi connectivity index (χ1n) is 13.7. The first-order chi connectivity index (χ1) is 19.7. The maximum atomic E-state index is 15.1. The first-order valence-corrected chi connectivity index (χ1v) is 14.1. The fourth-order valence-electron chi connectivity index (χ4n) is 5.70. The van der Waals surface area contributed by atoms with Crippen LogP contribution in [0.4, 0.5) is 16.0 Å². The number of benzene rings is 2. The Morgan fingerprint density at radius 3 is 2.71 bits per heavy atom. The van der Waals surface area contributed by atoms with E-state index in [-0.39, 0.29) is 22.1 Å². The molecule has 11 heteroatoms. The van der Waals surface area contributed by atoms with E-state index >= 15 is 4.39 Å². The van der Waals surface area contributed by atoms with E-state index in [1.807, 2.05) is 32.9 Å². The standard InChI is InChI=1S/C30H29BClFN4O4/c1-16-11-21(29-22(12-16)28(38)17(2)30(40-29)37-9-5-4-6-10-37)18(3)35-24-7-8-25(32)36-27(24)19-13-20-15-34-41-31(39)26(20)23(33)14-19/h7-8,11-15,18,35,39H,4-6,9-10H2,1-3H3/t18-/m0/s1. The summed E-state index contributed by atoms with van der Waals surface area (Å²) in [5.41, 5.74) is 4.74. The molecule has 0 bridgehead atoms. The summed E-state index contributed by atoms with van der Waals surface area (Å²) in [6, 6.07) is 9.96. The Morgan fingerprint density at radius 1 is 1.15 bits per heavy atom. The molecular formula is C30H29BClFN4O4. The minimum absolute atomic E-state index is 0.00900. The highest BCUT2D eigenvalue weighted by atomic mass is 35.5. The summed E-state index contributed by atoms with van der Waals surface area (Å²) in [7, 11) is -1.49. The predicted octanol–water partition coefficient (Wildman–Crippen LogP) is 5.48. The molecule has 0 spiro atoms. The molecule has 4 aromatic rings. The van der Waals surface area contributed by atoms with Crippen molar-refractivity contribution in [3.05, 3.63) is 79.8 Å². The third kappa shape index (κ3) is 5.06. The molecule has 2 aliphatic heterocycles. The summed E-state index contributed by atoms with van der Waals surface area (Å²) in [6.45, 7) is 7.47. The number of piperidine rings is 1. The largest absolute Gasteiger partial charge is 0.586 e. The number of oxime groups is 1. The van der Waals surface area contributed by atoms with Crippen molar-refractivity contribution in [2.24, 2.45) is 5.16 Å². The van der Waals surface area contributed by atoms with Gasteiger partial charge in [-0.15, -0.1) is 5.16 Å². The molecule has 4 heterocycles. The van der Waals surface area contributed by atoms with E-state index in [9.17, 15) is 9.82 Å². The molecule has 0 radical (unpaired) electrons. The number of hydrogen-bond donors (Lipinski definition) is 2. The van der Waals surface area contributed by atoms with Crippen LogP contribution in [-0.2, 0) is 4.76 Å². The SMILES string of the molecule is Cc1cc([C@H](C)Nc2ccc(Cl)nc2-c2cc(F)c3c(c2)C=NOB3O)c2oc(N3CCCCC3)c(C)c(=O)c2c1. The van der Waals surface area contributed by atoms with E-state index in [2.05, 4.69) is 20.4 Å². The highest BCUT2D eigenvalue weighted by molar-refractivity contribution is 6.62. The molecule has 2 aromatic carbocycles. The Bertz CT molecular complexity index is 1760. The van der Waals surface area contributed by atoms with Crippen molar-refractivity contribution in [3.8, 4) is 11.3 Å². The smallest absolute Gasteiger partial charge is 0.440 e. The number of aromatic nitrogens is 1. The molecule has 2 aliphatic rings. The van der Waals surface area contributed by atoms with Crippen LogP contribution >= 0.6 is 11.6 Å². The molecule has 0 amide bonds. The van der Waals surface area contributed by atoms with Gasteiger partial charge in [-0.1, -0.05) is 17.7 Å². The monoisotopic (exact) mass is 574 g/mol. The second kappa shape index (κ2) is 10.8. The van der Waals surface area contributed by atoms with Crippen LogP contribution in [0.15, 0.2) is 50.8 Å². The molecule has 2 N–H and O–H groups in total. The molecule has 1 saturated heterocycles. The van der Waals surface area contributed by atoms with Gasteiger partial charge in [-0.3, -0.25) is 4.79 Å². The number of anilines is 2. The van der Waals surface area contributed by atoms with Crippen LogP contribution in [0.5, 0.6) is 0 Å². The van der Waals surface area contributed by atoms with Crippen molar-refractivity contribution < 1.29 is 18.6 Å². The Balaban J connectivity index is 1.43. The van der Waals surface area contributed by atoms with E-state index in [0.717, 1.165) is 37.1 Å². The highest BCUT2D eigenvalue weighted by Gasteiger charge is 2.30. The molecule has 6 rings (SSSR count). The third-order valence-corrected chi connectivity index (χ3v) is 7.95. The number of pyridine rings is 1. The second-order valence-electron chi connectivity index (χ2n) is 10.7. The average Bonchev–Trinajstić information content (AvgIpc) is 2.96. The molecule has 1 atom stereocenters. The number of rotatable bonds is 5. The molecule has 8 nitrogen and oxygen atoms in total. The fraction of sp³-hybridized carbons (Fsp3) is 0.300. The van der Waals surface area contributed by atoms with Gasteiger partial charge in [-0.2, -0.15) is 0 Å². The van der Waals surface area contributed by atoms with E-state index in [1.54, 1.807) is 18.2 Å². The first kappa shape index (κ1) is 27.3. The van der Waals surface area contributed by atoms with Gasteiger partial charge in [0.1, 0.15) is 16.6 Å². The van der Waals surface area contributed by atoms with Gasteiger partial charge in [0.15, 0.2) is 5.43 Å². The number of halogens is 2. The molecule has 2 aromatic heterocycles. The lowest BCUT2D eigenvalue weighted by Gasteiger charge is -2.29. The highest BCUT2D eigenvalue weighted by Crippen LogP contribution is 2.35. The molecule has 0 aliphatic carbocycles. The summed E-state index contributed by atoms with van der Waals surface area (Å²) in [6.07, 6.45) is 4.64. The molecule has 210 valence electrons. The van der Waals surface area contributed by atoms with Crippen molar-refractivity contribution in [1.29, 1.82) is 0 Å². The summed E-state index contributed by atoms with van der Waals surface area (Å²) in [4.78, 5) is 20.2. The maximum absolute atomic E-state index is 15.1. The zero-order chi connectivity index (χ0) is 28.8. The minimum atomic E-state index is -1.49. The van der Waals surface area contributed by atoms with Crippen LogP contribution in [-0.4, -0.2) is 36.4 Å². The van der Waals surface area contributed by atoms with Gasteiger partial charge < -0.3 is 24.4 Å². The van der Waals surface area contributed by atoms with E-state index in [1.165, 1.54) is 18.7 Å².